The lowest BCUT2D eigenvalue weighted by molar-refractivity contribution is -0.157. The van der Waals surface area contributed by atoms with E-state index >= 15 is 0 Å². The Morgan fingerprint density at radius 2 is 2.17 bits per heavy atom. The highest BCUT2D eigenvalue weighted by molar-refractivity contribution is 5.73. The van der Waals surface area contributed by atoms with E-state index < -0.39 is 28.9 Å². The van der Waals surface area contributed by atoms with Gasteiger partial charge in [-0.1, -0.05) is 6.92 Å². The second-order valence-electron chi connectivity index (χ2n) is 4.57. The van der Waals surface area contributed by atoms with E-state index in [1.54, 1.807) is 6.92 Å². The summed E-state index contributed by atoms with van der Waals surface area (Å²) in [5.41, 5.74) is -0.852. The van der Waals surface area contributed by atoms with Crippen LogP contribution < -0.4 is 0 Å². The average molecular weight is 256 g/mol. The molecule has 1 saturated heterocycles. The zero-order chi connectivity index (χ0) is 13.3. The van der Waals surface area contributed by atoms with Crippen molar-refractivity contribution in [1.29, 1.82) is 0 Å². The van der Waals surface area contributed by atoms with E-state index in [0.29, 0.717) is 6.42 Å². The molecule has 1 heterocycles. The summed E-state index contributed by atoms with van der Waals surface area (Å²) in [5, 5.41) is 9.22. The van der Waals surface area contributed by atoms with Crippen LogP contribution in [-0.2, 0) is 14.9 Å². The molecule has 1 N–H and O–H groups in total. The molecule has 1 aromatic carbocycles. The number of hydrogen-bond donors (Lipinski definition) is 1. The summed E-state index contributed by atoms with van der Waals surface area (Å²) in [7, 11) is 0. The van der Waals surface area contributed by atoms with Gasteiger partial charge in [0.2, 0.25) is 0 Å². The van der Waals surface area contributed by atoms with Crippen LogP contribution in [-0.4, -0.2) is 24.3 Å². The zero-order valence-electron chi connectivity index (χ0n) is 9.95. The van der Waals surface area contributed by atoms with Crippen molar-refractivity contribution >= 4 is 5.97 Å². The molecule has 1 atom stereocenters. The number of carbonyl (C=O) groups is 1. The molecule has 0 spiro atoms. The molecule has 3 nitrogen and oxygen atoms in total. The van der Waals surface area contributed by atoms with Crippen LogP contribution in [0.3, 0.4) is 0 Å². The Morgan fingerprint density at radius 3 is 2.61 bits per heavy atom. The van der Waals surface area contributed by atoms with E-state index in [9.17, 15) is 18.7 Å². The molecule has 1 unspecified atom stereocenters. The molecule has 1 aromatic rings. The van der Waals surface area contributed by atoms with Crippen molar-refractivity contribution in [2.75, 3.05) is 13.2 Å². The first-order valence-electron chi connectivity index (χ1n) is 5.77. The predicted octanol–water partition coefficient (Wildman–Crippen LogP) is 2.34. The van der Waals surface area contributed by atoms with Crippen molar-refractivity contribution in [3.05, 3.63) is 35.4 Å². The van der Waals surface area contributed by atoms with Gasteiger partial charge in [0, 0.05) is 5.56 Å². The molecule has 0 bridgehead atoms. The highest BCUT2D eigenvalue weighted by Gasteiger charge is 2.51. The lowest BCUT2D eigenvalue weighted by Crippen LogP contribution is -2.55. The maximum Gasteiger partial charge on any atom is 0.307 e. The number of benzene rings is 1. The topological polar surface area (TPSA) is 46.5 Å². The van der Waals surface area contributed by atoms with Gasteiger partial charge in [-0.25, -0.2) is 8.78 Å². The monoisotopic (exact) mass is 256 g/mol. The number of ether oxygens (including phenoxy) is 1. The third-order valence-corrected chi connectivity index (χ3v) is 3.56. The van der Waals surface area contributed by atoms with Gasteiger partial charge in [0.25, 0.3) is 0 Å². The van der Waals surface area contributed by atoms with Crippen molar-refractivity contribution < 1.29 is 23.4 Å². The first-order valence-corrected chi connectivity index (χ1v) is 5.77. The summed E-state index contributed by atoms with van der Waals surface area (Å²) in [4.78, 5) is 11.3. The molecule has 5 heteroatoms. The van der Waals surface area contributed by atoms with E-state index in [1.165, 1.54) is 0 Å². The van der Waals surface area contributed by atoms with Crippen molar-refractivity contribution in [2.45, 2.75) is 18.8 Å². The summed E-state index contributed by atoms with van der Waals surface area (Å²) in [6.07, 6.45) is 0.342. The highest BCUT2D eigenvalue weighted by Crippen LogP contribution is 2.42. The van der Waals surface area contributed by atoms with Gasteiger partial charge in [-0.15, -0.1) is 0 Å². The van der Waals surface area contributed by atoms with Gasteiger partial charge in [0.1, 0.15) is 11.6 Å². The van der Waals surface area contributed by atoms with E-state index in [-0.39, 0.29) is 18.8 Å². The third kappa shape index (κ3) is 1.88. The summed E-state index contributed by atoms with van der Waals surface area (Å²) in [5.74, 6) is -2.94. The first kappa shape index (κ1) is 13.0. The van der Waals surface area contributed by atoms with E-state index in [4.69, 9.17) is 4.74 Å². The van der Waals surface area contributed by atoms with Crippen LogP contribution in [0.1, 0.15) is 18.9 Å². The lowest BCUT2D eigenvalue weighted by atomic mass is 9.67. The van der Waals surface area contributed by atoms with E-state index in [1.807, 2.05) is 0 Å². The summed E-state index contributed by atoms with van der Waals surface area (Å²) < 4.78 is 32.2. The fourth-order valence-electron chi connectivity index (χ4n) is 2.55. The standard InChI is InChI=1S/C13H14F2O3/c1-2-9(12(16)17)13(6-18-7-13)10-5-8(14)3-4-11(10)15/h3-5,9H,2,6-7H2,1H3,(H,16,17). The quantitative estimate of drug-likeness (QED) is 0.899. The molecule has 0 radical (unpaired) electrons. The normalized spacial score (nSPS) is 19.1. The minimum atomic E-state index is -1.01. The molecule has 18 heavy (non-hydrogen) atoms. The maximum absolute atomic E-state index is 13.8. The summed E-state index contributed by atoms with van der Waals surface area (Å²) in [6, 6.07) is 3.12. The number of hydrogen-bond acceptors (Lipinski definition) is 2. The number of carboxylic acids is 1. The fraction of sp³-hybridized carbons (Fsp3) is 0.462. The number of halogens is 2. The zero-order valence-corrected chi connectivity index (χ0v) is 9.95. The van der Waals surface area contributed by atoms with Gasteiger partial charge in [-0.3, -0.25) is 4.79 Å². The van der Waals surface area contributed by atoms with Crippen LogP contribution in [0, 0.1) is 17.6 Å². The Morgan fingerprint density at radius 1 is 1.50 bits per heavy atom. The van der Waals surface area contributed by atoms with Crippen molar-refractivity contribution in [3.63, 3.8) is 0 Å². The van der Waals surface area contributed by atoms with Crippen LogP contribution in [0.2, 0.25) is 0 Å². The maximum atomic E-state index is 13.8. The summed E-state index contributed by atoms with van der Waals surface area (Å²) in [6.45, 7) is 1.94. The smallest absolute Gasteiger partial charge is 0.307 e. The highest BCUT2D eigenvalue weighted by atomic mass is 19.1. The van der Waals surface area contributed by atoms with Crippen LogP contribution in [0.4, 0.5) is 8.78 Å². The Hall–Kier alpha value is -1.49. The summed E-state index contributed by atoms with van der Waals surface area (Å²) >= 11 is 0. The molecule has 0 aliphatic carbocycles. The minimum absolute atomic E-state index is 0.100. The molecule has 0 amide bonds. The number of aliphatic carboxylic acids is 1. The largest absolute Gasteiger partial charge is 0.481 e. The number of carboxylic acid groups (broad SMARTS) is 1. The van der Waals surface area contributed by atoms with Crippen molar-refractivity contribution in [1.82, 2.24) is 0 Å². The molecule has 1 aliphatic heterocycles. The Kier molecular flexibility index (Phi) is 3.34. The molecule has 1 fully saturated rings. The van der Waals surface area contributed by atoms with Gasteiger partial charge >= 0.3 is 5.97 Å². The second-order valence-corrected chi connectivity index (χ2v) is 4.57. The van der Waals surface area contributed by atoms with Crippen LogP contribution in [0.25, 0.3) is 0 Å². The average Bonchev–Trinajstić information content (AvgIpc) is 2.26. The number of rotatable bonds is 4. The van der Waals surface area contributed by atoms with Crippen LogP contribution in [0.5, 0.6) is 0 Å². The van der Waals surface area contributed by atoms with E-state index in [0.717, 1.165) is 18.2 Å². The Balaban J connectivity index is 2.49. The third-order valence-electron chi connectivity index (χ3n) is 3.56. The molecule has 0 aromatic heterocycles. The second kappa shape index (κ2) is 4.65. The van der Waals surface area contributed by atoms with Gasteiger partial charge in [0.15, 0.2) is 0 Å². The predicted molar refractivity (Wildman–Crippen MR) is 60.3 cm³/mol. The van der Waals surface area contributed by atoms with Crippen LogP contribution in [0.15, 0.2) is 18.2 Å². The van der Waals surface area contributed by atoms with E-state index in [2.05, 4.69) is 0 Å². The molecule has 98 valence electrons. The molecule has 2 rings (SSSR count). The van der Waals surface area contributed by atoms with Gasteiger partial charge in [-0.05, 0) is 24.6 Å². The molecule has 1 aliphatic rings. The Bertz CT molecular complexity index is 469. The lowest BCUT2D eigenvalue weighted by Gasteiger charge is -2.45. The Labute approximate surface area is 103 Å². The van der Waals surface area contributed by atoms with Gasteiger partial charge < -0.3 is 9.84 Å². The molecular weight excluding hydrogens is 242 g/mol. The van der Waals surface area contributed by atoms with Crippen molar-refractivity contribution in [3.8, 4) is 0 Å². The fourth-order valence-corrected chi connectivity index (χ4v) is 2.55. The SMILES string of the molecule is CCC(C(=O)O)C1(c2cc(F)ccc2F)COC1. The van der Waals surface area contributed by atoms with Crippen LogP contribution >= 0.6 is 0 Å². The molecular formula is C13H14F2O3. The van der Waals surface area contributed by atoms with Crippen molar-refractivity contribution in [2.24, 2.45) is 5.92 Å². The van der Waals surface area contributed by atoms with Gasteiger partial charge in [-0.2, -0.15) is 0 Å². The van der Waals surface area contributed by atoms with Gasteiger partial charge in [0.05, 0.1) is 24.5 Å². The minimum Gasteiger partial charge on any atom is -0.481 e. The molecule has 0 saturated carbocycles. The first-order chi connectivity index (χ1) is 8.51.